The number of fused-ring (bicyclic) bond motifs is 1. The van der Waals surface area contributed by atoms with Gasteiger partial charge in [0.25, 0.3) is 5.89 Å². The summed E-state index contributed by atoms with van der Waals surface area (Å²) in [5.74, 6) is 3.40. The van der Waals surface area contributed by atoms with Crippen LogP contribution in [0.25, 0.3) is 11.7 Å². The first-order valence-corrected chi connectivity index (χ1v) is 6.68. The zero-order valence-electron chi connectivity index (χ0n) is 10.6. The summed E-state index contributed by atoms with van der Waals surface area (Å²) in [6.45, 7) is 5.30. The van der Waals surface area contributed by atoms with Crippen LogP contribution in [0, 0.1) is 11.8 Å². The fraction of sp³-hybridized carbons (Fsp3) is 0.538. The maximum atomic E-state index is 5.25. The zero-order valence-corrected chi connectivity index (χ0v) is 10.6. The molecule has 2 fully saturated rings. The Balaban J connectivity index is 1.44. The van der Waals surface area contributed by atoms with Crippen molar-refractivity contribution in [1.82, 2.24) is 20.4 Å². The Morgan fingerprint density at radius 1 is 1.32 bits per heavy atom. The number of hydrogen-bond donors (Lipinski definition) is 1. The van der Waals surface area contributed by atoms with Gasteiger partial charge >= 0.3 is 0 Å². The Morgan fingerprint density at radius 3 is 2.89 bits per heavy atom. The van der Waals surface area contributed by atoms with E-state index in [9.17, 15) is 0 Å². The van der Waals surface area contributed by atoms with E-state index in [-0.39, 0.29) is 0 Å². The molecule has 0 bridgehead atoms. The van der Waals surface area contributed by atoms with Crippen molar-refractivity contribution in [3.63, 3.8) is 0 Å². The van der Waals surface area contributed by atoms with Crippen LogP contribution in [0.3, 0.4) is 0 Å². The van der Waals surface area contributed by atoms with Gasteiger partial charge in [0, 0.05) is 13.1 Å². The highest BCUT2D eigenvalue weighted by atomic mass is 16.5. The average Bonchev–Trinajstić information content (AvgIpc) is 3.12. The molecular formula is C13H16N4O2. The fourth-order valence-corrected chi connectivity index (χ4v) is 3.10. The number of furan rings is 1. The summed E-state index contributed by atoms with van der Waals surface area (Å²) in [5.41, 5.74) is 0. The number of aromatic nitrogens is 2. The minimum absolute atomic E-state index is 0.459. The van der Waals surface area contributed by atoms with Gasteiger partial charge in [0.05, 0.1) is 12.8 Å². The third kappa shape index (κ3) is 2.06. The lowest BCUT2D eigenvalue weighted by Gasteiger charge is -2.13. The lowest BCUT2D eigenvalue weighted by molar-refractivity contribution is 0.290. The van der Waals surface area contributed by atoms with Crippen LogP contribution in [0.1, 0.15) is 5.82 Å². The fourth-order valence-electron chi connectivity index (χ4n) is 3.10. The van der Waals surface area contributed by atoms with Gasteiger partial charge in [-0.2, -0.15) is 4.98 Å². The van der Waals surface area contributed by atoms with Crippen LogP contribution < -0.4 is 5.32 Å². The van der Waals surface area contributed by atoms with Crippen molar-refractivity contribution in [3.05, 3.63) is 24.2 Å². The number of rotatable bonds is 3. The highest BCUT2D eigenvalue weighted by Gasteiger charge is 2.36. The molecule has 19 heavy (non-hydrogen) atoms. The molecule has 0 radical (unpaired) electrons. The Hall–Kier alpha value is -1.66. The molecule has 2 saturated heterocycles. The van der Waals surface area contributed by atoms with Gasteiger partial charge in [-0.1, -0.05) is 5.16 Å². The minimum Gasteiger partial charge on any atom is -0.459 e. The first-order valence-electron chi connectivity index (χ1n) is 6.68. The van der Waals surface area contributed by atoms with Crippen molar-refractivity contribution in [2.45, 2.75) is 6.54 Å². The molecule has 2 aliphatic heterocycles. The monoisotopic (exact) mass is 260 g/mol. The largest absolute Gasteiger partial charge is 0.459 e. The van der Waals surface area contributed by atoms with Crippen LogP contribution in [-0.2, 0) is 6.54 Å². The minimum atomic E-state index is 0.459. The predicted molar refractivity (Wildman–Crippen MR) is 67.1 cm³/mol. The second-order valence-electron chi connectivity index (χ2n) is 5.37. The predicted octanol–water partition coefficient (Wildman–Crippen LogP) is 0.981. The van der Waals surface area contributed by atoms with E-state index >= 15 is 0 Å². The van der Waals surface area contributed by atoms with Crippen LogP contribution in [0.15, 0.2) is 27.3 Å². The maximum absolute atomic E-state index is 5.25. The standard InChI is InChI=1S/C13H16N4O2/c1-2-11(18-3-1)13-15-12(16-19-13)8-17-6-9-4-14-5-10(9)7-17/h1-3,9-10,14H,4-8H2/t9-,10+. The molecule has 100 valence electrons. The topological polar surface area (TPSA) is 67.3 Å². The normalized spacial score (nSPS) is 26.9. The van der Waals surface area contributed by atoms with Crippen molar-refractivity contribution < 1.29 is 8.94 Å². The molecule has 4 rings (SSSR count). The lowest BCUT2D eigenvalue weighted by Crippen LogP contribution is -2.25. The van der Waals surface area contributed by atoms with E-state index in [0.29, 0.717) is 11.7 Å². The van der Waals surface area contributed by atoms with E-state index < -0.39 is 0 Å². The maximum Gasteiger partial charge on any atom is 0.293 e. The van der Waals surface area contributed by atoms with Crippen molar-refractivity contribution >= 4 is 0 Å². The molecule has 2 aromatic heterocycles. The second kappa shape index (κ2) is 4.47. The zero-order chi connectivity index (χ0) is 12.7. The molecule has 1 N–H and O–H groups in total. The molecule has 2 aromatic rings. The van der Waals surface area contributed by atoms with Crippen molar-refractivity contribution in [3.8, 4) is 11.7 Å². The van der Waals surface area contributed by atoms with Gasteiger partial charge in [-0.25, -0.2) is 0 Å². The molecule has 0 spiro atoms. The van der Waals surface area contributed by atoms with Gasteiger partial charge in [0.1, 0.15) is 0 Å². The van der Waals surface area contributed by atoms with E-state index in [4.69, 9.17) is 8.94 Å². The summed E-state index contributed by atoms with van der Waals surface area (Å²) in [5, 5.41) is 7.47. The number of nitrogens with zero attached hydrogens (tertiary/aromatic N) is 3. The molecular weight excluding hydrogens is 244 g/mol. The molecule has 6 heteroatoms. The molecule has 2 aliphatic rings. The smallest absolute Gasteiger partial charge is 0.293 e. The third-order valence-corrected chi connectivity index (χ3v) is 4.03. The highest BCUT2D eigenvalue weighted by molar-refractivity contribution is 5.42. The highest BCUT2D eigenvalue weighted by Crippen LogP contribution is 2.27. The van der Waals surface area contributed by atoms with Gasteiger partial charge < -0.3 is 14.3 Å². The van der Waals surface area contributed by atoms with E-state index in [2.05, 4.69) is 20.4 Å². The second-order valence-corrected chi connectivity index (χ2v) is 5.37. The molecule has 4 heterocycles. The Kier molecular flexibility index (Phi) is 2.63. The number of nitrogens with one attached hydrogen (secondary N) is 1. The molecule has 0 aliphatic carbocycles. The van der Waals surface area contributed by atoms with Crippen molar-refractivity contribution in [1.29, 1.82) is 0 Å². The van der Waals surface area contributed by atoms with Crippen LogP contribution in [-0.4, -0.2) is 41.2 Å². The van der Waals surface area contributed by atoms with Gasteiger partial charge in [0.2, 0.25) is 0 Å². The summed E-state index contributed by atoms with van der Waals surface area (Å²) < 4.78 is 10.5. The molecule has 6 nitrogen and oxygen atoms in total. The van der Waals surface area contributed by atoms with Crippen LogP contribution in [0.2, 0.25) is 0 Å². The third-order valence-electron chi connectivity index (χ3n) is 4.03. The van der Waals surface area contributed by atoms with Gasteiger partial charge in [-0.05, 0) is 37.1 Å². The first kappa shape index (κ1) is 11.2. The Bertz CT molecular complexity index is 539. The molecule has 2 atom stereocenters. The van der Waals surface area contributed by atoms with Crippen LogP contribution in [0.4, 0.5) is 0 Å². The summed E-state index contributed by atoms with van der Waals surface area (Å²) in [7, 11) is 0. The summed E-state index contributed by atoms with van der Waals surface area (Å²) in [6.07, 6.45) is 1.61. The van der Waals surface area contributed by atoms with E-state index in [1.165, 1.54) is 0 Å². The summed E-state index contributed by atoms with van der Waals surface area (Å²) >= 11 is 0. The SMILES string of the molecule is c1coc(-c2nc(CN3C[C@H]4CNC[C@H]4C3)no2)c1. The van der Waals surface area contributed by atoms with Gasteiger partial charge in [-0.15, -0.1) is 0 Å². The van der Waals surface area contributed by atoms with Crippen molar-refractivity contribution in [2.24, 2.45) is 11.8 Å². The Labute approximate surface area is 110 Å². The molecule has 0 saturated carbocycles. The van der Waals surface area contributed by atoms with Gasteiger partial charge in [0.15, 0.2) is 11.6 Å². The van der Waals surface area contributed by atoms with E-state index in [0.717, 1.165) is 50.4 Å². The molecule has 0 amide bonds. The molecule has 0 aromatic carbocycles. The summed E-state index contributed by atoms with van der Waals surface area (Å²) in [4.78, 5) is 6.79. The van der Waals surface area contributed by atoms with Crippen LogP contribution in [0.5, 0.6) is 0 Å². The Morgan fingerprint density at radius 2 is 2.16 bits per heavy atom. The van der Waals surface area contributed by atoms with E-state index in [1.54, 1.807) is 6.26 Å². The molecule has 0 unspecified atom stereocenters. The van der Waals surface area contributed by atoms with Crippen molar-refractivity contribution in [2.75, 3.05) is 26.2 Å². The van der Waals surface area contributed by atoms with Crippen LogP contribution >= 0.6 is 0 Å². The van der Waals surface area contributed by atoms with Gasteiger partial charge in [-0.3, -0.25) is 4.90 Å². The quantitative estimate of drug-likeness (QED) is 0.887. The van der Waals surface area contributed by atoms with E-state index in [1.807, 2.05) is 12.1 Å². The number of hydrogen-bond acceptors (Lipinski definition) is 6. The first-order chi connectivity index (χ1) is 9.38. The number of likely N-dealkylation sites (tertiary alicyclic amines) is 1. The summed E-state index contributed by atoms with van der Waals surface area (Å²) in [6, 6.07) is 3.64. The average molecular weight is 260 g/mol. The lowest BCUT2D eigenvalue weighted by atomic mass is 10.0.